The molecule has 2 aromatic carbocycles. The molecule has 2 rings (SSSR count). The van der Waals surface area contributed by atoms with Crippen LogP contribution in [-0.4, -0.2) is 5.91 Å². The summed E-state index contributed by atoms with van der Waals surface area (Å²) in [6.07, 6.45) is 1.45. The summed E-state index contributed by atoms with van der Waals surface area (Å²) in [7, 11) is 0. The average molecular weight is 376 g/mol. The topological polar surface area (TPSA) is 64.9 Å². The van der Waals surface area contributed by atoms with E-state index in [-0.39, 0.29) is 16.9 Å². The molecular formula is C24H29N3O. The first-order valence-corrected chi connectivity index (χ1v) is 9.51. The molecule has 0 aromatic heterocycles. The van der Waals surface area contributed by atoms with Crippen molar-refractivity contribution < 1.29 is 4.79 Å². The Kier molecular flexibility index (Phi) is 6.64. The molecule has 0 unspecified atom stereocenters. The van der Waals surface area contributed by atoms with Crippen LogP contribution in [0.3, 0.4) is 0 Å². The van der Waals surface area contributed by atoms with Gasteiger partial charge in [0.25, 0.3) is 5.91 Å². The summed E-state index contributed by atoms with van der Waals surface area (Å²) in [6, 6.07) is 15.9. The normalized spacial score (nSPS) is 11.9. The van der Waals surface area contributed by atoms with Crippen molar-refractivity contribution >= 4 is 17.3 Å². The number of para-hydroxylation sites is 1. The molecular weight excluding hydrogens is 346 g/mol. The Morgan fingerprint density at radius 1 is 1.11 bits per heavy atom. The summed E-state index contributed by atoms with van der Waals surface area (Å²) in [4.78, 5) is 12.6. The van der Waals surface area contributed by atoms with Gasteiger partial charge in [-0.15, -0.1) is 0 Å². The van der Waals surface area contributed by atoms with Gasteiger partial charge in [-0.1, -0.05) is 65.0 Å². The van der Waals surface area contributed by atoms with Crippen LogP contribution in [0.5, 0.6) is 0 Å². The van der Waals surface area contributed by atoms with E-state index in [0.717, 1.165) is 22.5 Å². The number of rotatable bonds is 5. The zero-order chi connectivity index (χ0) is 20.9. The zero-order valence-corrected chi connectivity index (χ0v) is 17.6. The molecule has 0 aliphatic heterocycles. The fraction of sp³-hybridized carbons (Fsp3) is 0.333. The van der Waals surface area contributed by atoms with E-state index >= 15 is 0 Å². The first-order chi connectivity index (χ1) is 13.1. The molecule has 2 N–H and O–H groups in total. The van der Waals surface area contributed by atoms with Gasteiger partial charge in [-0.25, -0.2) is 0 Å². The second kappa shape index (κ2) is 8.75. The van der Waals surface area contributed by atoms with Crippen molar-refractivity contribution in [2.45, 2.75) is 52.9 Å². The number of nitrogens with one attached hydrogen (secondary N) is 2. The summed E-state index contributed by atoms with van der Waals surface area (Å²) in [5, 5.41) is 15.4. The van der Waals surface area contributed by atoms with E-state index in [9.17, 15) is 10.1 Å². The molecule has 0 aliphatic rings. The third kappa shape index (κ3) is 5.23. The van der Waals surface area contributed by atoms with Crippen molar-refractivity contribution in [2.24, 2.45) is 0 Å². The van der Waals surface area contributed by atoms with Gasteiger partial charge in [-0.2, -0.15) is 5.26 Å². The van der Waals surface area contributed by atoms with Crippen molar-refractivity contribution in [3.05, 3.63) is 70.9 Å². The highest BCUT2D eigenvalue weighted by Gasteiger charge is 2.15. The predicted molar refractivity (Wildman–Crippen MR) is 116 cm³/mol. The first kappa shape index (κ1) is 21.2. The fourth-order valence-corrected chi connectivity index (χ4v) is 2.89. The minimum Gasteiger partial charge on any atom is -0.360 e. The maximum atomic E-state index is 12.6. The van der Waals surface area contributed by atoms with Crippen molar-refractivity contribution in [3.8, 4) is 6.07 Å². The van der Waals surface area contributed by atoms with Gasteiger partial charge in [0.1, 0.15) is 11.6 Å². The molecule has 0 atom stereocenters. The molecule has 0 spiro atoms. The summed E-state index contributed by atoms with van der Waals surface area (Å²) in [5.74, 6) is -0.151. The summed E-state index contributed by atoms with van der Waals surface area (Å²) >= 11 is 0. The SMILES string of the molecule is Cc1cccc(C(C)C)c1NC(=O)/C(C#N)=C\Nc1ccc(C(C)(C)C)cc1. The van der Waals surface area contributed by atoms with Crippen LogP contribution >= 0.6 is 0 Å². The number of nitrogens with zero attached hydrogens (tertiary/aromatic N) is 1. The monoisotopic (exact) mass is 375 g/mol. The summed E-state index contributed by atoms with van der Waals surface area (Å²) in [6.45, 7) is 12.6. The van der Waals surface area contributed by atoms with Crippen LogP contribution in [0.4, 0.5) is 11.4 Å². The van der Waals surface area contributed by atoms with Gasteiger partial charge in [-0.05, 0) is 47.1 Å². The molecule has 0 saturated carbocycles. The molecule has 0 aliphatic carbocycles. The van der Waals surface area contributed by atoms with Crippen molar-refractivity contribution in [3.63, 3.8) is 0 Å². The Morgan fingerprint density at radius 2 is 1.75 bits per heavy atom. The van der Waals surface area contributed by atoms with Crippen LogP contribution in [0, 0.1) is 18.3 Å². The van der Waals surface area contributed by atoms with Gasteiger partial charge >= 0.3 is 0 Å². The van der Waals surface area contributed by atoms with Gasteiger partial charge in [-0.3, -0.25) is 4.79 Å². The number of aryl methyl sites for hydroxylation is 1. The largest absolute Gasteiger partial charge is 0.360 e. The zero-order valence-electron chi connectivity index (χ0n) is 17.6. The number of amides is 1. The highest BCUT2D eigenvalue weighted by molar-refractivity contribution is 6.07. The number of anilines is 2. The third-order valence-corrected chi connectivity index (χ3v) is 4.66. The van der Waals surface area contributed by atoms with E-state index in [2.05, 4.69) is 45.3 Å². The highest BCUT2D eigenvalue weighted by Crippen LogP contribution is 2.28. The van der Waals surface area contributed by atoms with Gasteiger partial charge in [0.15, 0.2) is 0 Å². The summed E-state index contributed by atoms with van der Waals surface area (Å²) < 4.78 is 0. The summed E-state index contributed by atoms with van der Waals surface area (Å²) in [5.41, 5.74) is 4.96. The number of carbonyl (C=O) groups excluding carboxylic acids is 1. The Hall–Kier alpha value is -3.06. The number of benzene rings is 2. The van der Waals surface area contributed by atoms with Gasteiger partial charge in [0.05, 0.1) is 0 Å². The molecule has 0 saturated heterocycles. The second-order valence-electron chi connectivity index (χ2n) is 8.29. The maximum Gasteiger partial charge on any atom is 0.267 e. The molecule has 28 heavy (non-hydrogen) atoms. The highest BCUT2D eigenvalue weighted by atomic mass is 16.1. The molecule has 4 nitrogen and oxygen atoms in total. The standard InChI is InChI=1S/C24H29N3O/c1-16(2)21-9-7-8-17(3)22(21)27-23(28)18(14-25)15-26-20-12-10-19(11-13-20)24(4,5)6/h7-13,15-16,26H,1-6H3,(H,27,28)/b18-15-. The lowest BCUT2D eigenvalue weighted by molar-refractivity contribution is -0.112. The third-order valence-electron chi connectivity index (χ3n) is 4.66. The Labute approximate surface area is 168 Å². The number of carbonyl (C=O) groups is 1. The molecule has 146 valence electrons. The van der Waals surface area contributed by atoms with Crippen molar-refractivity contribution in [1.82, 2.24) is 0 Å². The Balaban J connectivity index is 2.17. The van der Waals surface area contributed by atoms with E-state index < -0.39 is 5.91 Å². The van der Waals surface area contributed by atoms with Crippen molar-refractivity contribution in [1.29, 1.82) is 5.26 Å². The Bertz CT molecular complexity index is 910. The van der Waals surface area contributed by atoms with Gasteiger partial charge in [0.2, 0.25) is 0 Å². The number of nitriles is 1. The van der Waals surface area contributed by atoms with E-state index in [1.54, 1.807) is 0 Å². The van der Waals surface area contributed by atoms with Gasteiger partial charge < -0.3 is 10.6 Å². The smallest absolute Gasteiger partial charge is 0.267 e. The quantitative estimate of drug-likeness (QED) is 0.507. The molecule has 2 aromatic rings. The van der Waals surface area contributed by atoms with E-state index in [4.69, 9.17) is 0 Å². The second-order valence-corrected chi connectivity index (χ2v) is 8.29. The van der Waals surface area contributed by atoms with Crippen molar-refractivity contribution in [2.75, 3.05) is 10.6 Å². The fourth-order valence-electron chi connectivity index (χ4n) is 2.89. The van der Waals surface area contributed by atoms with Crippen LogP contribution < -0.4 is 10.6 Å². The predicted octanol–water partition coefficient (Wildman–Crippen LogP) is 5.87. The number of hydrogen-bond acceptors (Lipinski definition) is 3. The Morgan fingerprint density at radius 3 is 2.29 bits per heavy atom. The lowest BCUT2D eigenvalue weighted by Crippen LogP contribution is -2.17. The van der Waals surface area contributed by atoms with E-state index in [1.165, 1.54) is 11.8 Å². The molecule has 0 heterocycles. The van der Waals surface area contributed by atoms with Crippen LogP contribution in [0.2, 0.25) is 0 Å². The molecule has 0 radical (unpaired) electrons. The minimum atomic E-state index is -0.419. The lowest BCUT2D eigenvalue weighted by Gasteiger charge is -2.19. The minimum absolute atomic E-state index is 0.0258. The van der Waals surface area contributed by atoms with Crippen LogP contribution in [-0.2, 0) is 10.2 Å². The first-order valence-electron chi connectivity index (χ1n) is 9.51. The maximum absolute atomic E-state index is 12.6. The van der Waals surface area contributed by atoms with Crippen LogP contribution in [0.25, 0.3) is 0 Å². The van der Waals surface area contributed by atoms with Crippen LogP contribution in [0.15, 0.2) is 54.2 Å². The lowest BCUT2D eigenvalue weighted by atomic mass is 9.87. The average Bonchev–Trinajstić information content (AvgIpc) is 2.63. The van der Waals surface area contributed by atoms with E-state index in [0.29, 0.717) is 0 Å². The van der Waals surface area contributed by atoms with Crippen LogP contribution in [0.1, 0.15) is 57.2 Å². The molecule has 0 bridgehead atoms. The molecule has 4 heteroatoms. The molecule has 0 fully saturated rings. The van der Waals surface area contributed by atoms with Gasteiger partial charge in [0, 0.05) is 17.6 Å². The van der Waals surface area contributed by atoms with E-state index in [1.807, 2.05) is 55.5 Å². The number of hydrogen-bond donors (Lipinski definition) is 2. The molecule has 1 amide bonds.